The molecule has 1 N–H and O–H groups in total. The molecule has 1 fully saturated rings. The maximum atomic E-state index is 8.35. The lowest BCUT2D eigenvalue weighted by Gasteiger charge is -2.08. The summed E-state index contributed by atoms with van der Waals surface area (Å²) < 4.78 is 10.2. The van der Waals surface area contributed by atoms with Crippen molar-refractivity contribution in [2.45, 2.75) is 19.1 Å². The van der Waals surface area contributed by atoms with Crippen LogP contribution in [0.3, 0.4) is 0 Å². The van der Waals surface area contributed by atoms with Gasteiger partial charge in [0.15, 0.2) is 6.29 Å². The molecular formula is C6H12O3. The van der Waals surface area contributed by atoms with Gasteiger partial charge in [0.05, 0.1) is 13.2 Å². The molecule has 3 heteroatoms. The van der Waals surface area contributed by atoms with Gasteiger partial charge in [-0.1, -0.05) is 0 Å². The minimum atomic E-state index is -0.0443. The first-order chi connectivity index (χ1) is 4.43. The summed E-state index contributed by atoms with van der Waals surface area (Å²) in [5.41, 5.74) is 0. The van der Waals surface area contributed by atoms with Crippen molar-refractivity contribution in [3.63, 3.8) is 0 Å². The Hall–Kier alpha value is -0.120. The molecule has 0 spiro atoms. The number of rotatable bonds is 3. The molecule has 0 saturated carbocycles. The predicted octanol–water partition coefficient (Wildman–Crippen LogP) is 0.132. The van der Waals surface area contributed by atoms with Gasteiger partial charge in [0.25, 0.3) is 0 Å². The van der Waals surface area contributed by atoms with Crippen LogP contribution >= 0.6 is 0 Å². The lowest BCUT2D eigenvalue weighted by molar-refractivity contribution is -0.117. The Kier molecular flexibility index (Phi) is 2.97. The Balaban J connectivity index is 1.98. The van der Waals surface area contributed by atoms with Gasteiger partial charge >= 0.3 is 0 Å². The van der Waals surface area contributed by atoms with Crippen LogP contribution in [0.2, 0.25) is 0 Å². The molecule has 0 aromatic rings. The minimum absolute atomic E-state index is 0.0443. The average molecular weight is 132 g/mol. The van der Waals surface area contributed by atoms with Crippen LogP contribution in [0.4, 0.5) is 0 Å². The van der Waals surface area contributed by atoms with E-state index in [0.29, 0.717) is 6.61 Å². The zero-order chi connectivity index (χ0) is 6.53. The van der Waals surface area contributed by atoms with Gasteiger partial charge in [0, 0.05) is 13.0 Å². The van der Waals surface area contributed by atoms with E-state index in [4.69, 9.17) is 14.6 Å². The fourth-order valence-electron chi connectivity index (χ4n) is 0.864. The van der Waals surface area contributed by atoms with Crippen molar-refractivity contribution >= 4 is 0 Å². The van der Waals surface area contributed by atoms with Crippen LogP contribution in [-0.2, 0) is 9.47 Å². The maximum absolute atomic E-state index is 8.35. The van der Waals surface area contributed by atoms with Gasteiger partial charge in [-0.25, -0.2) is 0 Å². The lowest BCUT2D eigenvalue weighted by Crippen LogP contribution is -2.12. The van der Waals surface area contributed by atoms with Crippen molar-refractivity contribution < 1.29 is 14.6 Å². The lowest BCUT2D eigenvalue weighted by atomic mass is 10.4. The van der Waals surface area contributed by atoms with Crippen LogP contribution in [0.15, 0.2) is 0 Å². The van der Waals surface area contributed by atoms with Gasteiger partial charge in [-0.05, 0) is 6.42 Å². The largest absolute Gasteiger partial charge is 0.394 e. The molecular weight excluding hydrogens is 120 g/mol. The van der Waals surface area contributed by atoms with E-state index in [1.165, 1.54) is 0 Å². The summed E-state index contributed by atoms with van der Waals surface area (Å²) in [7, 11) is 0. The highest BCUT2D eigenvalue weighted by Gasteiger charge is 2.14. The third-order valence-electron chi connectivity index (χ3n) is 1.28. The molecule has 54 valence electrons. The summed E-state index contributed by atoms with van der Waals surface area (Å²) in [5.74, 6) is 0. The number of hydrogen-bond donors (Lipinski definition) is 1. The molecule has 1 unspecified atom stereocenters. The van der Waals surface area contributed by atoms with E-state index in [9.17, 15) is 0 Å². The van der Waals surface area contributed by atoms with E-state index in [2.05, 4.69) is 0 Å². The summed E-state index contributed by atoms with van der Waals surface area (Å²) in [6.07, 6.45) is 2.01. The van der Waals surface area contributed by atoms with Gasteiger partial charge in [0.1, 0.15) is 0 Å². The molecule has 0 amide bonds. The summed E-state index contributed by atoms with van der Waals surface area (Å²) in [6.45, 7) is 1.28. The monoisotopic (exact) mass is 132 g/mol. The quantitative estimate of drug-likeness (QED) is 0.593. The van der Waals surface area contributed by atoms with Crippen LogP contribution in [0, 0.1) is 0 Å². The first kappa shape index (κ1) is 6.99. The fourth-order valence-corrected chi connectivity index (χ4v) is 0.864. The highest BCUT2D eigenvalue weighted by atomic mass is 16.7. The zero-order valence-corrected chi connectivity index (χ0v) is 5.38. The second kappa shape index (κ2) is 3.82. The predicted molar refractivity (Wildman–Crippen MR) is 32.0 cm³/mol. The van der Waals surface area contributed by atoms with Gasteiger partial charge in [-0.15, -0.1) is 0 Å². The molecule has 1 aliphatic heterocycles. The van der Waals surface area contributed by atoms with Crippen LogP contribution < -0.4 is 0 Å². The fraction of sp³-hybridized carbons (Fsp3) is 1.00. The molecule has 3 nitrogen and oxygen atoms in total. The van der Waals surface area contributed by atoms with Gasteiger partial charge in [-0.2, -0.15) is 0 Å². The highest BCUT2D eigenvalue weighted by molar-refractivity contribution is 4.53. The number of aliphatic hydroxyl groups excluding tert-OH is 1. The van der Waals surface area contributed by atoms with Gasteiger partial charge < -0.3 is 14.6 Å². The van der Waals surface area contributed by atoms with Crippen molar-refractivity contribution in [2.75, 3.05) is 19.8 Å². The summed E-state index contributed by atoms with van der Waals surface area (Å²) in [6, 6.07) is 0. The average Bonchev–Trinajstić information content (AvgIpc) is 2.34. The van der Waals surface area contributed by atoms with Crippen LogP contribution in [0.5, 0.6) is 0 Å². The van der Waals surface area contributed by atoms with Crippen molar-refractivity contribution in [3.8, 4) is 0 Å². The van der Waals surface area contributed by atoms with Crippen molar-refractivity contribution in [3.05, 3.63) is 0 Å². The third kappa shape index (κ3) is 2.30. The van der Waals surface area contributed by atoms with Crippen molar-refractivity contribution in [1.29, 1.82) is 0 Å². The molecule has 1 atom stereocenters. The molecule has 1 heterocycles. The topological polar surface area (TPSA) is 38.7 Å². The number of hydrogen-bond acceptors (Lipinski definition) is 3. The smallest absolute Gasteiger partial charge is 0.157 e. The molecule has 0 radical (unpaired) electrons. The third-order valence-corrected chi connectivity index (χ3v) is 1.28. The number of ether oxygens (including phenoxy) is 2. The molecule has 1 aliphatic rings. The molecule has 9 heavy (non-hydrogen) atoms. The molecule has 0 bridgehead atoms. The molecule has 0 aromatic heterocycles. The van der Waals surface area contributed by atoms with Crippen molar-refractivity contribution in [2.24, 2.45) is 0 Å². The molecule has 0 aromatic carbocycles. The van der Waals surface area contributed by atoms with Gasteiger partial charge in [-0.3, -0.25) is 0 Å². The number of aliphatic hydroxyl groups is 1. The Labute approximate surface area is 54.6 Å². The minimum Gasteiger partial charge on any atom is -0.394 e. The Morgan fingerprint density at radius 2 is 2.56 bits per heavy atom. The molecule has 1 saturated heterocycles. The normalized spacial score (nSPS) is 27.0. The van der Waals surface area contributed by atoms with Crippen LogP contribution in [0.1, 0.15) is 12.8 Å². The first-order valence-electron chi connectivity index (χ1n) is 3.27. The van der Waals surface area contributed by atoms with E-state index < -0.39 is 0 Å². The Morgan fingerprint density at radius 3 is 3.11 bits per heavy atom. The van der Waals surface area contributed by atoms with Crippen LogP contribution in [0.25, 0.3) is 0 Å². The second-order valence-corrected chi connectivity index (χ2v) is 2.04. The summed E-state index contributed by atoms with van der Waals surface area (Å²) in [5, 5.41) is 8.35. The Morgan fingerprint density at radius 1 is 1.67 bits per heavy atom. The van der Waals surface area contributed by atoms with E-state index >= 15 is 0 Å². The summed E-state index contributed by atoms with van der Waals surface area (Å²) in [4.78, 5) is 0. The molecule has 1 rings (SSSR count). The summed E-state index contributed by atoms with van der Waals surface area (Å²) >= 11 is 0. The SMILES string of the molecule is OCCOC1CCCO1. The maximum Gasteiger partial charge on any atom is 0.157 e. The van der Waals surface area contributed by atoms with Crippen LogP contribution in [-0.4, -0.2) is 31.2 Å². The molecule has 0 aliphatic carbocycles. The Bertz CT molecular complexity index is 68.7. The standard InChI is InChI=1S/C6H12O3/c7-3-5-9-6-2-1-4-8-6/h6-7H,1-5H2. The zero-order valence-electron chi connectivity index (χ0n) is 5.38. The van der Waals surface area contributed by atoms with Gasteiger partial charge in [0.2, 0.25) is 0 Å². The second-order valence-electron chi connectivity index (χ2n) is 2.04. The van der Waals surface area contributed by atoms with Crippen molar-refractivity contribution in [1.82, 2.24) is 0 Å². The highest BCUT2D eigenvalue weighted by Crippen LogP contribution is 2.12. The van der Waals surface area contributed by atoms with E-state index in [1.54, 1.807) is 0 Å². The van der Waals surface area contributed by atoms with E-state index in [-0.39, 0.29) is 12.9 Å². The van der Waals surface area contributed by atoms with E-state index in [1.807, 2.05) is 0 Å². The van der Waals surface area contributed by atoms with E-state index in [0.717, 1.165) is 19.4 Å². The first-order valence-corrected chi connectivity index (χ1v) is 3.27.